The molecule has 3 aliphatic heterocycles. The van der Waals surface area contributed by atoms with Crippen LogP contribution >= 0.6 is 0 Å². The van der Waals surface area contributed by atoms with Gasteiger partial charge in [0, 0.05) is 61.8 Å². The van der Waals surface area contributed by atoms with Crippen LogP contribution in [0.25, 0.3) is 11.6 Å². The lowest BCUT2D eigenvalue weighted by atomic mass is 10.0. The molecule has 2 atom stereocenters. The Morgan fingerprint density at radius 1 is 1.12 bits per heavy atom. The molecule has 0 radical (unpaired) electrons. The molecule has 1 aromatic carbocycles. The van der Waals surface area contributed by atoms with E-state index in [-0.39, 0.29) is 18.4 Å². The molecule has 0 spiro atoms. The van der Waals surface area contributed by atoms with E-state index in [1.807, 2.05) is 6.92 Å². The number of carboxylic acid groups (broad SMARTS) is 2. The number of fused-ring (bicyclic) bond motifs is 2. The van der Waals surface area contributed by atoms with Crippen LogP contribution in [0, 0.1) is 12.7 Å². The van der Waals surface area contributed by atoms with E-state index >= 15 is 0 Å². The highest BCUT2D eigenvalue weighted by Gasteiger charge is 2.32. The number of aliphatic hydroxyl groups is 2. The van der Waals surface area contributed by atoms with Gasteiger partial charge in [-0.3, -0.25) is 19.3 Å². The van der Waals surface area contributed by atoms with Crippen LogP contribution in [0.5, 0.6) is 0 Å². The number of hydrogen-bond acceptors (Lipinski definition) is 8. The zero-order valence-corrected chi connectivity index (χ0v) is 22.9. The summed E-state index contributed by atoms with van der Waals surface area (Å²) in [6.45, 7) is 6.02. The number of carbonyl (C=O) groups excluding carboxylic acids is 2. The second-order valence-corrected chi connectivity index (χ2v) is 10.2. The molecule has 0 saturated carbocycles. The molecule has 14 heteroatoms. The number of anilines is 1. The molecule has 2 aromatic rings. The van der Waals surface area contributed by atoms with E-state index in [1.165, 1.54) is 12.1 Å². The number of H-pyrrole nitrogens is 1. The van der Waals surface area contributed by atoms with Gasteiger partial charge in [0.1, 0.15) is 5.82 Å². The second-order valence-electron chi connectivity index (χ2n) is 10.2. The van der Waals surface area contributed by atoms with Crippen molar-refractivity contribution in [2.75, 3.05) is 51.3 Å². The number of carboxylic acids is 2. The van der Waals surface area contributed by atoms with Gasteiger partial charge in [0.15, 0.2) is 6.10 Å². The van der Waals surface area contributed by atoms with Gasteiger partial charge in [-0.15, -0.1) is 0 Å². The highest BCUT2D eigenvalue weighted by Crippen LogP contribution is 2.35. The molecule has 42 heavy (non-hydrogen) atoms. The predicted octanol–water partition coefficient (Wildman–Crippen LogP) is 0.553. The lowest BCUT2D eigenvalue weighted by Gasteiger charge is -2.32. The number of nitrogens with zero attached hydrogens (tertiary/aromatic N) is 2. The largest absolute Gasteiger partial charge is 0.481 e. The first-order chi connectivity index (χ1) is 19.9. The maximum atomic E-state index is 13.8. The number of nitrogens with one attached hydrogen (secondary N) is 2. The zero-order chi connectivity index (χ0) is 30.6. The SMILES string of the molecule is Cc1c(/C=C2\C(=O)Nc3ccc(F)cc32)[nH]c2c1C(=O)N(C[C@H](O)CN1CCOCC1)CC2.O=C(O)CC(O)C(=O)O. The Bertz CT molecular complexity index is 1400. The summed E-state index contributed by atoms with van der Waals surface area (Å²) in [6.07, 6.45) is -0.869. The molecule has 0 bridgehead atoms. The third-order valence-corrected chi connectivity index (χ3v) is 7.21. The standard InChI is InChI=1S/C24H27FN4O4.C4H6O5/c1-14-21(11-18-17-10-15(25)2-3-19(17)27-23(18)31)26-20-4-5-29(24(32)22(14)20)13-16(30)12-28-6-8-33-9-7-28;5-2(4(8)9)1-3(6)7/h2-3,10-11,16,26,30H,4-9,12-13H2,1H3,(H,27,31);2,5H,1H2,(H,6,7)(H,8,9)/b18-11-;/t16-;/m1./s1. The number of ether oxygens (including phenoxy) is 1. The summed E-state index contributed by atoms with van der Waals surface area (Å²) in [5.41, 5.74) is 4.24. The highest BCUT2D eigenvalue weighted by molar-refractivity contribution is 6.35. The lowest BCUT2D eigenvalue weighted by Crippen LogP contribution is -2.47. The number of β-amino-alcohol motifs (C(OH)–C–C–N with tert-alkyl or cyclic N) is 1. The van der Waals surface area contributed by atoms with Gasteiger partial charge >= 0.3 is 11.9 Å². The minimum Gasteiger partial charge on any atom is -0.481 e. The summed E-state index contributed by atoms with van der Waals surface area (Å²) in [4.78, 5) is 52.2. The quantitative estimate of drug-likeness (QED) is 0.237. The van der Waals surface area contributed by atoms with E-state index in [9.17, 15) is 28.7 Å². The smallest absolute Gasteiger partial charge is 0.333 e. The fourth-order valence-corrected chi connectivity index (χ4v) is 5.08. The van der Waals surface area contributed by atoms with Crippen LogP contribution in [-0.4, -0.2) is 117 Å². The van der Waals surface area contributed by atoms with Gasteiger partial charge in [0.2, 0.25) is 0 Å². The summed E-state index contributed by atoms with van der Waals surface area (Å²) < 4.78 is 19.1. The number of amides is 2. The number of halogens is 1. The first-order valence-electron chi connectivity index (χ1n) is 13.4. The van der Waals surface area contributed by atoms with Gasteiger partial charge in [-0.1, -0.05) is 0 Å². The van der Waals surface area contributed by atoms with Crippen molar-refractivity contribution in [2.24, 2.45) is 0 Å². The van der Waals surface area contributed by atoms with Crippen LogP contribution in [-0.2, 0) is 25.5 Å². The van der Waals surface area contributed by atoms with Crippen molar-refractivity contribution in [3.63, 3.8) is 0 Å². The molecule has 226 valence electrons. The molecular formula is C28H33FN4O9. The fourth-order valence-electron chi connectivity index (χ4n) is 5.08. The zero-order valence-electron chi connectivity index (χ0n) is 22.9. The fraction of sp³-hybridized carbons (Fsp3) is 0.429. The van der Waals surface area contributed by atoms with Crippen molar-refractivity contribution >= 4 is 41.1 Å². The van der Waals surface area contributed by atoms with Gasteiger partial charge in [-0.25, -0.2) is 9.18 Å². The van der Waals surface area contributed by atoms with Crippen LogP contribution in [0.3, 0.4) is 0 Å². The van der Waals surface area contributed by atoms with E-state index in [0.717, 1.165) is 24.3 Å². The minimum atomic E-state index is -1.79. The van der Waals surface area contributed by atoms with Crippen molar-refractivity contribution in [1.29, 1.82) is 0 Å². The van der Waals surface area contributed by atoms with Crippen molar-refractivity contribution in [2.45, 2.75) is 32.0 Å². The molecule has 1 saturated heterocycles. The molecule has 1 fully saturated rings. The summed E-state index contributed by atoms with van der Waals surface area (Å²) in [7, 11) is 0. The summed E-state index contributed by atoms with van der Waals surface area (Å²) in [5, 5.41) is 37.4. The number of morpholine rings is 1. The van der Waals surface area contributed by atoms with Crippen molar-refractivity contribution < 1.29 is 48.7 Å². The van der Waals surface area contributed by atoms with Crippen LogP contribution in [0.15, 0.2) is 18.2 Å². The molecule has 1 unspecified atom stereocenters. The third-order valence-electron chi connectivity index (χ3n) is 7.21. The van der Waals surface area contributed by atoms with E-state index in [1.54, 1.807) is 17.0 Å². The van der Waals surface area contributed by atoms with E-state index in [2.05, 4.69) is 15.2 Å². The predicted molar refractivity (Wildman–Crippen MR) is 147 cm³/mol. The molecule has 6 N–H and O–H groups in total. The maximum absolute atomic E-state index is 13.8. The topological polar surface area (TPSA) is 193 Å². The number of benzene rings is 1. The Morgan fingerprint density at radius 3 is 2.48 bits per heavy atom. The molecule has 1 aromatic heterocycles. The van der Waals surface area contributed by atoms with Gasteiger partial charge in [-0.05, 0) is 36.8 Å². The van der Waals surface area contributed by atoms with Crippen molar-refractivity contribution in [3.8, 4) is 0 Å². The average molecular weight is 589 g/mol. The van der Waals surface area contributed by atoms with Crippen LogP contribution in [0.4, 0.5) is 10.1 Å². The Hall–Kier alpha value is -4.11. The number of aliphatic carboxylic acids is 2. The number of aliphatic hydroxyl groups excluding tert-OH is 2. The maximum Gasteiger partial charge on any atom is 0.333 e. The van der Waals surface area contributed by atoms with Crippen LogP contribution in [0.1, 0.15) is 39.3 Å². The normalized spacial score (nSPS) is 19.0. The van der Waals surface area contributed by atoms with Gasteiger partial charge in [0.05, 0.1) is 36.9 Å². The molecule has 13 nitrogen and oxygen atoms in total. The number of carbonyl (C=O) groups is 4. The Kier molecular flexibility index (Phi) is 9.73. The number of rotatable bonds is 8. The Labute approximate surface area is 240 Å². The minimum absolute atomic E-state index is 0.127. The molecule has 2 amide bonds. The number of hydrogen-bond donors (Lipinski definition) is 6. The first kappa shape index (κ1) is 30.8. The van der Waals surface area contributed by atoms with Crippen LogP contribution < -0.4 is 5.32 Å². The van der Waals surface area contributed by atoms with Gasteiger partial charge in [0.25, 0.3) is 11.8 Å². The van der Waals surface area contributed by atoms with Crippen LogP contribution in [0.2, 0.25) is 0 Å². The Morgan fingerprint density at radius 2 is 1.83 bits per heavy atom. The average Bonchev–Trinajstić information content (AvgIpc) is 3.42. The third kappa shape index (κ3) is 7.20. The number of aromatic nitrogens is 1. The Balaban J connectivity index is 0.000000392. The van der Waals surface area contributed by atoms with Crippen molar-refractivity contribution in [1.82, 2.24) is 14.8 Å². The molecular weight excluding hydrogens is 555 g/mol. The molecule has 5 rings (SSSR count). The molecule has 3 aliphatic rings. The lowest BCUT2D eigenvalue weighted by molar-refractivity contribution is -0.152. The van der Waals surface area contributed by atoms with E-state index in [4.69, 9.17) is 20.1 Å². The monoisotopic (exact) mass is 588 g/mol. The van der Waals surface area contributed by atoms with Gasteiger partial charge in [-0.2, -0.15) is 0 Å². The van der Waals surface area contributed by atoms with E-state index in [0.29, 0.717) is 60.8 Å². The highest BCUT2D eigenvalue weighted by atomic mass is 19.1. The number of aromatic amines is 1. The van der Waals surface area contributed by atoms with Crippen molar-refractivity contribution in [3.05, 3.63) is 52.1 Å². The van der Waals surface area contributed by atoms with E-state index < -0.39 is 36.4 Å². The second kappa shape index (κ2) is 13.2. The molecule has 4 heterocycles. The summed E-state index contributed by atoms with van der Waals surface area (Å²) >= 11 is 0. The van der Waals surface area contributed by atoms with Gasteiger partial charge < -0.3 is 40.4 Å². The first-order valence-corrected chi connectivity index (χ1v) is 13.4. The summed E-state index contributed by atoms with van der Waals surface area (Å²) in [5.74, 6) is -3.69. The summed E-state index contributed by atoms with van der Waals surface area (Å²) in [6, 6.07) is 4.18. The molecule has 0 aliphatic carbocycles.